The Hall–Kier alpha value is -1.87. The van der Waals surface area contributed by atoms with E-state index in [1.807, 2.05) is 13.1 Å². The molecule has 9 heteroatoms. The van der Waals surface area contributed by atoms with Gasteiger partial charge in [0.05, 0.1) is 11.4 Å². The summed E-state index contributed by atoms with van der Waals surface area (Å²) in [6.45, 7) is 0. The molecule has 0 spiro atoms. The summed E-state index contributed by atoms with van der Waals surface area (Å²) in [4.78, 5) is 4.30. The van der Waals surface area contributed by atoms with Gasteiger partial charge in [-0.05, 0) is 29.8 Å². The second-order valence-electron chi connectivity index (χ2n) is 5.29. The van der Waals surface area contributed by atoms with Gasteiger partial charge in [-0.15, -0.1) is 11.3 Å². The van der Waals surface area contributed by atoms with Gasteiger partial charge in [-0.25, -0.2) is 13.4 Å². The van der Waals surface area contributed by atoms with Gasteiger partial charge < -0.3 is 9.30 Å². The molecular formula is C16H16ClN3O3S2. The molecular weight excluding hydrogens is 382 g/mol. The zero-order chi connectivity index (χ0) is 18.0. The predicted molar refractivity (Wildman–Crippen MR) is 97.7 cm³/mol. The molecule has 0 aliphatic heterocycles. The predicted octanol–water partition coefficient (Wildman–Crippen LogP) is 3.21. The Kier molecular flexibility index (Phi) is 5.14. The van der Waals surface area contributed by atoms with Crippen molar-refractivity contribution in [2.45, 2.75) is 10.3 Å². The Labute approximate surface area is 155 Å². The maximum absolute atomic E-state index is 12.8. The molecule has 3 rings (SSSR count). The molecule has 2 heterocycles. The van der Waals surface area contributed by atoms with Crippen LogP contribution in [0.5, 0.6) is 5.75 Å². The van der Waals surface area contributed by atoms with Crippen molar-refractivity contribution in [3.8, 4) is 5.75 Å². The third-order valence-electron chi connectivity index (χ3n) is 3.63. The third-order valence-corrected chi connectivity index (χ3v) is 6.78. The highest BCUT2D eigenvalue weighted by atomic mass is 35.5. The van der Waals surface area contributed by atoms with Crippen molar-refractivity contribution in [2.24, 2.45) is 7.05 Å². The van der Waals surface area contributed by atoms with Crippen LogP contribution in [-0.2, 0) is 17.1 Å². The number of hydrogen-bond donors (Lipinski definition) is 1. The molecule has 0 aliphatic carbocycles. The van der Waals surface area contributed by atoms with E-state index in [2.05, 4.69) is 9.71 Å². The quantitative estimate of drug-likeness (QED) is 0.693. The van der Waals surface area contributed by atoms with Crippen LogP contribution >= 0.6 is 22.9 Å². The zero-order valence-corrected chi connectivity index (χ0v) is 15.9. The molecule has 0 saturated heterocycles. The fourth-order valence-electron chi connectivity index (χ4n) is 2.40. The fourth-order valence-corrected chi connectivity index (χ4v) is 5.08. The van der Waals surface area contributed by atoms with Gasteiger partial charge in [0.25, 0.3) is 10.0 Å². The number of thiophene rings is 1. The van der Waals surface area contributed by atoms with Gasteiger partial charge in [-0.1, -0.05) is 23.7 Å². The van der Waals surface area contributed by atoms with Gasteiger partial charge in [-0.2, -0.15) is 4.72 Å². The van der Waals surface area contributed by atoms with E-state index in [4.69, 9.17) is 16.3 Å². The van der Waals surface area contributed by atoms with Gasteiger partial charge in [0.2, 0.25) is 0 Å². The van der Waals surface area contributed by atoms with Gasteiger partial charge >= 0.3 is 0 Å². The van der Waals surface area contributed by atoms with Gasteiger partial charge in [0.15, 0.2) is 0 Å². The Morgan fingerprint density at radius 2 is 2.12 bits per heavy atom. The monoisotopic (exact) mass is 397 g/mol. The smallest absolute Gasteiger partial charge is 0.251 e. The first-order chi connectivity index (χ1) is 11.9. The number of nitrogens with one attached hydrogen (secondary N) is 1. The van der Waals surface area contributed by atoms with E-state index in [-0.39, 0.29) is 4.21 Å². The molecule has 0 radical (unpaired) electrons. The number of nitrogens with zero attached hydrogens (tertiary/aromatic N) is 2. The molecule has 132 valence electrons. The van der Waals surface area contributed by atoms with Crippen LogP contribution < -0.4 is 9.46 Å². The number of benzene rings is 1. The van der Waals surface area contributed by atoms with E-state index < -0.39 is 16.1 Å². The molecule has 0 fully saturated rings. The second kappa shape index (κ2) is 7.17. The van der Waals surface area contributed by atoms with Crippen molar-refractivity contribution in [3.63, 3.8) is 0 Å². The first-order valence-electron chi connectivity index (χ1n) is 7.29. The summed E-state index contributed by atoms with van der Waals surface area (Å²) in [5.74, 6) is 1.20. The first kappa shape index (κ1) is 17.9. The lowest BCUT2D eigenvalue weighted by atomic mass is 10.1. The highest BCUT2D eigenvalue weighted by Crippen LogP contribution is 2.29. The standard InChI is InChI=1S/C16H16ClN3O3S2/c1-20-9-8-18-16(20)15(11-4-3-5-12(10-11)23-2)19-25(21,22)14-7-6-13(17)24-14/h3-10,15,19H,1-2H3. The Balaban J connectivity index is 2.04. The third kappa shape index (κ3) is 3.87. The molecule has 0 bridgehead atoms. The summed E-state index contributed by atoms with van der Waals surface area (Å²) < 4.78 is 35.8. The van der Waals surface area contributed by atoms with Crippen molar-refractivity contribution in [1.82, 2.24) is 14.3 Å². The summed E-state index contributed by atoms with van der Waals surface area (Å²) in [7, 11) is -0.386. The van der Waals surface area contributed by atoms with Crippen molar-refractivity contribution in [2.75, 3.05) is 7.11 Å². The Bertz CT molecular complexity index is 982. The van der Waals surface area contributed by atoms with Crippen molar-refractivity contribution in [1.29, 1.82) is 0 Å². The minimum Gasteiger partial charge on any atom is -0.497 e. The van der Waals surface area contributed by atoms with Crippen LogP contribution in [-0.4, -0.2) is 25.1 Å². The molecule has 1 N–H and O–H groups in total. The SMILES string of the molecule is COc1cccc(C(NS(=O)(=O)c2ccc(Cl)s2)c2nccn2C)c1. The van der Waals surface area contributed by atoms with Crippen LogP contribution in [0.3, 0.4) is 0 Å². The summed E-state index contributed by atoms with van der Waals surface area (Å²) in [5, 5.41) is 0. The number of aryl methyl sites for hydroxylation is 1. The molecule has 25 heavy (non-hydrogen) atoms. The largest absolute Gasteiger partial charge is 0.497 e. The van der Waals surface area contributed by atoms with E-state index in [0.717, 1.165) is 16.9 Å². The average Bonchev–Trinajstić information content (AvgIpc) is 3.21. The minimum absolute atomic E-state index is 0.152. The number of hydrogen-bond acceptors (Lipinski definition) is 5. The summed E-state index contributed by atoms with van der Waals surface area (Å²) in [6, 6.07) is 9.58. The van der Waals surface area contributed by atoms with Gasteiger partial charge in [-0.3, -0.25) is 0 Å². The number of rotatable bonds is 6. The number of methoxy groups -OCH3 is 1. The van der Waals surface area contributed by atoms with Gasteiger partial charge in [0.1, 0.15) is 21.8 Å². The van der Waals surface area contributed by atoms with Crippen LogP contribution in [0.2, 0.25) is 4.34 Å². The van der Waals surface area contributed by atoms with Crippen molar-refractivity contribution in [3.05, 3.63) is 64.5 Å². The van der Waals surface area contributed by atoms with Crippen molar-refractivity contribution < 1.29 is 13.2 Å². The second-order valence-corrected chi connectivity index (χ2v) is 8.94. The Morgan fingerprint density at radius 3 is 2.72 bits per heavy atom. The van der Waals surface area contributed by atoms with E-state index in [1.54, 1.807) is 48.3 Å². The number of ether oxygens (including phenoxy) is 1. The lowest BCUT2D eigenvalue weighted by molar-refractivity contribution is 0.413. The topological polar surface area (TPSA) is 73.2 Å². The van der Waals surface area contributed by atoms with E-state index in [1.165, 1.54) is 6.07 Å². The molecule has 1 aromatic carbocycles. The zero-order valence-electron chi connectivity index (χ0n) is 13.5. The lowest BCUT2D eigenvalue weighted by Crippen LogP contribution is -2.30. The average molecular weight is 398 g/mol. The van der Waals surface area contributed by atoms with Crippen molar-refractivity contribution >= 4 is 33.0 Å². The number of aromatic nitrogens is 2. The summed E-state index contributed by atoms with van der Waals surface area (Å²) in [5.41, 5.74) is 0.722. The number of sulfonamides is 1. The van der Waals surface area contributed by atoms with Crippen LogP contribution in [0.15, 0.2) is 53.0 Å². The Morgan fingerprint density at radius 1 is 1.32 bits per heavy atom. The van der Waals surface area contributed by atoms with Gasteiger partial charge in [0, 0.05) is 19.4 Å². The summed E-state index contributed by atoms with van der Waals surface area (Å²) >= 11 is 6.88. The number of imidazole rings is 1. The van der Waals surface area contributed by atoms with E-state index >= 15 is 0 Å². The normalized spacial score (nSPS) is 12.9. The molecule has 2 aromatic heterocycles. The molecule has 0 saturated carbocycles. The van der Waals surface area contributed by atoms with Crippen LogP contribution in [0.4, 0.5) is 0 Å². The highest BCUT2D eigenvalue weighted by molar-refractivity contribution is 7.91. The molecule has 1 unspecified atom stereocenters. The van der Waals surface area contributed by atoms with E-state index in [9.17, 15) is 8.42 Å². The minimum atomic E-state index is -3.76. The highest BCUT2D eigenvalue weighted by Gasteiger charge is 2.27. The maximum atomic E-state index is 12.8. The van der Waals surface area contributed by atoms with Crippen LogP contribution in [0.25, 0.3) is 0 Å². The maximum Gasteiger partial charge on any atom is 0.251 e. The molecule has 1 atom stereocenters. The lowest BCUT2D eigenvalue weighted by Gasteiger charge is -2.19. The molecule has 0 aliphatic rings. The summed E-state index contributed by atoms with van der Waals surface area (Å²) in [6.07, 6.45) is 3.39. The molecule has 6 nitrogen and oxygen atoms in total. The van der Waals surface area contributed by atoms with Crippen LogP contribution in [0, 0.1) is 0 Å². The molecule has 0 amide bonds. The first-order valence-corrected chi connectivity index (χ1v) is 9.97. The van der Waals surface area contributed by atoms with E-state index in [0.29, 0.717) is 15.9 Å². The molecule has 3 aromatic rings. The van der Waals surface area contributed by atoms with Crippen LogP contribution in [0.1, 0.15) is 17.4 Å². The fraction of sp³-hybridized carbons (Fsp3) is 0.188. The number of halogens is 1.